The second kappa shape index (κ2) is 1.97. The van der Waals surface area contributed by atoms with Crippen LogP contribution in [0.1, 0.15) is 25.7 Å². The maximum atomic E-state index is 3.72. The lowest BCUT2D eigenvalue weighted by Gasteiger charge is -2.24. The van der Waals surface area contributed by atoms with Gasteiger partial charge in [-0.25, -0.2) is 0 Å². The molecule has 0 heterocycles. The number of hydrogen-bond acceptors (Lipinski definition) is 0. The largest absolute Gasteiger partial charge is 0.0836 e. The van der Waals surface area contributed by atoms with E-state index in [1.54, 1.807) is 0 Å². The van der Waals surface area contributed by atoms with Crippen molar-refractivity contribution >= 4 is 31.9 Å². The molecule has 9 heavy (non-hydrogen) atoms. The van der Waals surface area contributed by atoms with Crippen LogP contribution in [-0.2, 0) is 0 Å². The molecule has 0 nitrogen and oxygen atoms in total. The minimum Gasteiger partial charge on any atom is -0.0724 e. The van der Waals surface area contributed by atoms with Gasteiger partial charge in [-0.1, -0.05) is 38.3 Å². The molecule has 2 unspecified atom stereocenters. The van der Waals surface area contributed by atoms with E-state index >= 15 is 0 Å². The lowest BCUT2D eigenvalue weighted by atomic mass is 10.0. The van der Waals surface area contributed by atoms with Crippen molar-refractivity contribution in [1.82, 2.24) is 0 Å². The van der Waals surface area contributed by atoms with E-state index in [0.717, 1.165) is 11.8 Å². The van der Waals surface area contributed by atoms with E-state index in [1.807, 2.05) is 0 Å². The molecular formula is C7H10Br2. The SMILES string of the molecule is BrC1(Br)CC2CCC1C2. The standard InChI is InChI=1S/C7H10Br2/c8-7(9)4-5-1-2-6(7)3-5/h5-6H,1-4H2. The van der Waals surface area contributed by atoms with E-state index in [0.29, 0.717) is 3.23 Å². The third-order valence-electron chi connectivity index (χ3n) is 2.70. The third kappa shape index (κ3) is 0.988. The summed E-state index contributed by atoms with van der Waals surface area (Å²) in [5, 5.41) is 0. The molecule has 0 N–H and O–H groups in total. The Bertz CT molecular complexity index is 131. The van der Waals surface area contributed by atoms with Crippen LogP contribution in [0, 0.1) is 11.8 Å². The van der Waals surface area contributed by atoms with Crippen LogP contribution in [0.15, 0.2) is 0 Å². The zero-order valence-corrected chi connectivity index (χ0v) is 8.41. The van der Waals surface area contributed by atoms with Crippen molar-refractivity contribution in [2.75, 3.05) is 0 Å². The molecule has 0 amide bonds. The van der Waals surface area contributed by atoms with Crippen molar-refractivity contribution in [3.05, 3.63) is 0 Å². The molecule has 2 aliphatic rings. The first-order valence-electron chi connectivity index (χ1n) is 3.56. The fourth-order valence-corrected chi connectivity index (χ4v) is 3.94. The molecule has 2 heteroatoms. The number of fused-ring (bicyclic) bond motifs is 2. The Morgan fingerprint density at radius 2 is 2.00 bits per heavy atom. The zero-order chi connectivity index (χ0) is 6.48. The van der Waals surface area contributed by atoms with Crippen molar-refractivity contribution < 1.29 is 0 Å². The van der Waals surface area contributed by atoms with E-state index in [2.05, 4.69) is 31.9 Å². The summed E-state index contributed by atoms with van der Waals surface area (Å²) in [5.41, 5.74) is 0. The molecule has 2 fully saturated rings. The van der Waals surface area contributed by atoms with Gasteiger partial charge in [-0.2, -0.15) is 0 Å². The smallest absolute Gasteiger partial charge is 0.0724 e. The molecule has 0 saturated heterocycles. The average molecular weight is 254 g/mol. The van der Waals surface area contributed by atoms with Gasteiger partial charge in [-0.3, -0.25) is 0 Å². The molecule has 0 aromatic rings. The van der Waals surface area contributed by atoms with Crippen molar-refractivity contribution in [3.63, 3.8) is 0 Å². The predicted octanol–water partition coefficient (Wildman–Crippen LogP) is 3.29. The molecule has 2 aliphatic carbocycles. The topological polar surface area (TPSA) is 0 Å². The Labute approximate surface area is 72.7 Å². The van der Waals surface area contributed by atoms with Gasteiger partial charge in [0, 0.05) is 0 Å². The Balaban J connectivity index is 2.18. The van der Waals surface area contributed by atoms with Crippen LogP contribution in [0.25, 0.3) is 0 Å². The zero-order valence-electron chi connectivity index (χ0n) is 5.24. The minimum absolute atomic E-state index is 0.336. The molecule has 0 aromatic heterocycles. The Morgan fingerprint density at radius 3 is 2.22 bits per heavy atom. The van der Waals surface area contributed by atoms with Gasteiger partial charge >= 0.3 is 0 Å². The number of hydrogen-bond donors (Lipinski definition) is 0. The van der Waals surface area contributed by atoms with E-state index in [-0.39, 0.29) is 0 Å². The van der Waals surface area contributed by atoms with Crippen molar-refractivity contribution in [3.8, 4) is 0 Å². The molecule has 2 bridgehead atoms. The number of halogens is 2. The first kappa shape index (κ1) is 6.66. The van der Waals surface area contributed by atoms with Crippen LogP contribution in [0.5, 0.6) is 0 Å². The van der Waals surface area contributed by atoms with Gasteiger partial charge < -0.3 is 0 Å². The number of alkyl halides is 2. The van der Waals surface area contributed by atoms with Crippen LogP contribution in [0.2, 0.25) is 0 Å². The summed E-state index contributed by atoms with van der Waals surface area (Å²) >= 11 is 7.43. The summed E-state index contributed by atoms with van der Waals surface area (Å²) in [7, 11) is 0. The summed E-state index contributed by atoms with van der Waals surface area (Å²) in [4.78, 5) is 0. The van der Waals surface area contributed by atoms with Gasteiger partial charge in [-0.05, 0) is 31.1 Å². The van der Waals surface area contributed by atoms with Crippen molar-refractivity contribution in [2.45, 2.75) is 28.9 Å². The van der Waals surface area contributed by atoms with Crippen LogP contribution in [0.4, 0.5) is 0 Å². The van der Waals surface area contributed by atoms with E-state index in [1.165, 1.54) is 25.7 Å². The highest BCUT2D eigenvalue weighted by atomic mass is 79.9. The summed E-state index contributed by atoms with van der Waals surface area (Å²) in [5.74, 6) is 1.94. The van der Waals surface area contributed by atoms with E-state index in [9.17, 15) is 0 Å². The van der Waals surface area contributed by atoms with Crippen molar-refractivity contribution in [1.29, 1.82) is 0 Å². The lowest BCUT2D eigenvalue weighted by Crippen LogP contribution is -2.19. The van der Waals surface area contributed by atoms with Gasteiger partial charge in [0.15, 0.2) is 0 Å². The van der Waals surface area contributed by atoms with Crippen LogP contribution >= 0.6 is 31.9 Å². The fourth-order valence-electron chi connectivity index (χ4n) is 2.20. The molecule has 2 atom stereocenters. The maximum absolute atomic E-state index is 3.72. The van der Waals surface area contributed by atoms with Crippen LogP contribution < -0.4 is 0 Å². The van der Waals surface area contributed by atoms with Crippen LogP contribution in [0.3, 0.4) is 0 Å². The van der Waals surface area contributed by atoms with Gasteiger partial charge in [-0.15, -0.1) is 0 Å². The highest BCUT2D eigenvalue weighted by Gasteiger charge is 2.47. The van der Waals surface area contributed by atoms with Gasteiger partial charge in [0.2, 0.25) is 0 Å². The molecule has 0 radical (unpaired) electrons. The maximum Gasteiger partial charge on any atom is 0.0836 e. The summed E-state index contributed by atoms with van der Waals surface area (Å²) in [6.07, 6.45) is 5.71. The quantitative estimate of drug-likeness (QED) is 0.582. The molecule has 2 rings (SSSR count). The lowest BCUT2D eigenvalue weighted by molar-refractivity contribution is 0.479. The highest BCUT2D eigenvalue weighted by molar-refractivity contribution is 9.25. The minimum atomic E-state index is 0.336. The molecular weight excluding hydrogens is 244 g/mol. The Morgan fingerprint density at radius 1 is 1.22 bits per heavy atom. The third-order valence-corrected chi connectivity index (χ3v) is 4.64. The highest BCUT2D eigenvalue weighted by Crippen LogP contribution is 2.58. The molecule has 0 aromatic carbocycles. The first-order valence-corrected chi connectivity index (χ1v) is 5.15. The first-order chi connectivity index (χ1) is 4.18. The molecule has 0 aliphatic heterocycles. The summed E-state index contributed by atoms with van der Waals surface area (Å²) < 4.78 is 0.336. The summed E-state index contributed by atoms with van der Waals surface area (Å²) in [6.45, 7) is 0. The molecule has 2 saturated carbocycles. The average Bonchev–Trinajstić information content (AvgIpc) is 2.19. The summed E-state index contributed by atoms with van der Waals surface area (Å²) in [6, 6.07) is 0. The number of rotatable bonds is 0. The van der Waals surface area contributed by atoms with E-state index in [4.69, 9.17) is 0 Å². The molecule has 52 valence electrons. The predicted molar refractivity (Wildman–Crippen MR) is 46.0 cm³/mol. The van der Waals surface area contributed by atoms with Crippen LogP contribution in [-0.4, -0.2) is 3.23 Å². The van der Waals surface area contributed by atoms with Gasteiger partial charge in [0.1, 0.15) is 0 Å². The Hall–Kier alpha value is 0.960. The molecule has 0 spiro atoms. The normalized spacial score (nSPS) is 46.0. The second-order valence-corrected chi connectivity index (χ2v) is 7.24. The van der Waals surface area contributed by atoms with E-state index < -0.39 is 0 Å². The monoisotopic (exact) mass is 252 g/mol. The Kier molecular flexibility index (Phi) is 1.46. The second-order valence-electron chi connectivity index (χ2n) is 3.34. The van der Waals surface area contributed by atoms with Gasteiger partial charge in [0.05, 0.1) is 3.23 Å². The van der Waals surface area contributed by atoms with Gasteiger partial charge in [0.25, 0.3) is 0 Å². The fraction of sp³-hybridized carbons (Fsp3) is 1.00. The van der Waals surface area contributed by atoms with Crippen molar-refractivity contribution in [2.24, 2.45) is 11.8 Å².